The largest absolute Gasteiger partial charge is 0.401 e. The Morgan fingerprint density at radius 1 is 1.21 bits per heavy atom. The standard InChI is InChI=1S/C14H27F3N2/c1-4-8-18-12-7-6-11(5-2)9-13(12)19(3)10-14(15,16)17/h11-13,18H,4-10H2,1-3H3. The Kier molecular flexibility index (Phi) is 6.60. The van der Waals surface area contributed by atoms with E-state index in [9.17, 15) is 13.2 Å². The van der Waals surface area contributed by atoms with E-state index in [0.29, 0.717) is 5.92 Å². The highest BCUT2D eigenvalue weighted by molar-refractivity contribution is 4.90. The van der Waals surface area contributed by atoms with Gasteiger partial charge in [0.05, 0.1) is 6.54 Å². The molecular formula is C14H27F3N2. The summed E-state index contributed by atoms with van der Waals surface area (Å²) < 4.78 is 37.7. The summed E-state index contributed by atoms with van der Waals surface area (Å²) in [6, 6.07) is 0.210. The fraction of sp³-hybridized carbons (Fsp3) is 1.00. The number of nitrogens with zero attached hydrogens (tertiary/aromatic N) is 1. The Morgan fingerprint density at radius 2 is 1.89 bits per heavy atom. The zero-order chi connectivity index (χ0) is 14.5. The first-order valence-electron chi connectivity index (χ1n) is 7.37. The van der Waals surface area contributed by atoms with E-state index in [1.54, 1.807) is 7.05 Å². The SMILES string of the molecule is CCCNC1CCC(CC)CC1N(C)CC(F)(F)F. The molecule has 0 radical (unpaired) electrons. The van der Waals surface area contributed by atoms with E-state index in [1.165, 1.54) is 4.90 Å². The Hall–Kier alpha value is -0.290. The van der Waals surface area contributed by atoms with E-state index in [-0.39, 0.29) is 12.1 Å². The van der Waals surface area contributed by atoms with Gasteiger partial charge in [0.15, 0.2) is 0 Å². The molecular weight excluding hydrogens is 253 g/mol. The Bertz CT molecular complexity index is 256. The highest BCUT2D eigenvalue weighted by atomic mass is 19.4. The van der Waals surface area contributed by atoms with E-state index >= 15 is 0 Å². The average Bonchev–Trinajstić information content (AvgIpc) is 2.34. The first-order valence-corrected chi connectivity index (χ1v) is 7.37. The lowest BCUT2D eigenvalue weighted by atomic mass is 9.80. The summed E-state index contributed by atoms with van der Waals surface area (Å²) in [7, 11) is 1.61. The molecule has 1 N–H and O–H groups in total. The van der Waals surface area contributed by atoms with Crippen molar-refractivity contribution in [1.29, 1.82) is 0 Å². The Labute approximate surface area is 114 Å². The molecule has 1 saturated carbocycles. The van der Waals surface area contributed by atoms with Crippen molar-refractivity contribution >= 4 is 0 Å². The second kappa shape index (κ2) is 7.48. The van der Waals surface area contributed by atoms with E-state index in [4.69, 9.17) is 0 Å². The molecule has 0 saturated heterocycles. The summed E-state index contributed by atoms with van der Waals surface area (Å²) in [5.74, 6) is 0.570. The fourth-order valence-corrected chi connectivity index (χ4v) is 3.06. The molecule has 1 fully saturated rings. The zero-order valence-electron chi connectivity index (χ0n) is 12.3. The van der Waals surface area contributed by atoms with Crippen LogP contribution in [0.5, 0.6) is 0 Å². The topological polar surface area (TPSA) is 15.3 Å². The highest BCUT2D eigenvalue weighted by Gasteiger charge is 2.37. The van der Waals surface area contributed by atoms with Gasteiger partial charge in [0.25, 0.3) is 0 Å². The van der Waals surface area contributed by atoms with Crippen LogP contribution < -0.4 is 5.32 Å². The van der Waals surface area contributed by atoms with Gasteiger partial charge in [-0.15, -0.1) is 0 Å². The molecule has 0 heterocycles. The van der Waals surface area contributed by atoms with Crippen molar-refractivity contribution in [3.8, 4) is 0 Å². The van der Waals surface area contributed by atoms with Crippen LogP contribution in [0.15, 0.2) is 0 Å². The maximum atomic E-state index is 12.6. The lowest BCUT2D eigenvalue weighted by molar-refractivity contribution is -0.150. The maximum absolute atomic E-state index is 12.6. The van der Waals surface area contributed by atoms with Gasteiger partial charge >= 0.3 is 6.18 Å². The van der Waals surface area contributed by atoms with E-state index in [0.717, 1.165) is 38.6 Å². The Morgan fingerprint density at radius 3 is 2.42 bits per heavy atom. The van der Waals surface area contributed by atoms with Crippen LogP contribution in [0.25, 0.3) is 0 Å². The van der Waals surface area contributed by atoms with Crippen molar-refractivity contribution in [3.63, 3.8) is 0 Å². The molecule has 0 aromatic heterocycles. The van der Waals surface area contributed by atoms with Gasteiger partial charge in [-0.3, -0.25) is 4.90 Å². The summed E-state index contributed by atoms with van der Waals surface area (Å²) in [5, 5.41) is 3.42. The lowest BCUT2D eigenvalue weighted by Crippen LogP contribution is -2.54. The van der Waals surface area contributed by atoms with Crippen molar-refractivity contribution in [2.24, 2.45) is 5.92 Å². The van der Waals surface area contributed by atoms with E-state index < -0.39 is 12.7 Å². The van der Waals surface area contributed by atoms with Gasteiger partial charge in [0.2, 0.25) is 0 Å². The molecule has 3 atom stereocenters. The minimum atomic E-state index is -4.11. The molecule has 5 heteroatoms. The molecule has 114 valence electrons. The van der Waals surface area contributed by atoms with Crippen LogP contribution in [0.1, 0.15) is 46.0 Å². The third-order valence-electron chi connectivity index (χ3n) is 4.15. The number of hydrogen-bond donors (Lipinski definition) is 1. The minimum Gasteiger partial charge on any atom is -0.312 e. The molecule has 0 spiro atoms. The number of nitrogens with one attached hydrogen (secondary N) is 1. The molecule has 1 rings (SSSR count). The quantitative estimate of drug-likeness (QED) is 0.802. The minimum absolute atomic E-state index is 0.00637. The summed E-state index contributed by atoms with van der Waals surface area (Å²) >= 11 is 0. The summed E-state index contributed by atoms with van der Waals surface area (Å²) in [6.45, 7) is 4.29. The van der Waals surface area contributed by atoms with Crippen LogP contribution in [0.3, 0.4) is 0 Å². The van der Waals surface area contributed by atoms with Crippen LogP contribution in [0.2, 0.25) is 0 Å². The molecule has 0 amide bonds. The molecule has 0 aromatic rings. The summed E-state index contributed by atoms with van der Waals surface area (Å²) in [4.78, 5) is 1.50. The Balaban J connectivity index is 2.64. The highest BCUT2D eigenvalue weighted by Crippen LogP contribution is 2.31. The summed E-state index contributed by atoms with van der Waals surface area (Å²) in [6.07, 6.45) is 0.980. The molecule has 0 bridgehead atoms. The molecule has 3 unspecified atom stereocenters. The van der Waals surface area contributed by atoms with Crippen LogP contribution >= 0.6 is 0 Å². The lowest BCUT2D eigenvalue weighted by Gasteiger charge is -2.41. The van der Waals surface area contributed by atoms with Crippen LogP contribution in [-0.4, -0.2) is 43.3 Å². The van der Waals surface area contributed by atoms with Gasteiger partial charge < -0.3 is 5.32 Å². The van der Waals surface area contributed by atoms with Crippen LogP contribution in [0.4, 0.5) is 13.2 Å². The van der Waals surface area contributed by atoms with Gasteiger partial charge in [-0.05, 0) is 45.2 Å². The number of halogens is 3. The molecule has 19 heavy (non-hydrogen) atoms. The second-order valence-corrected chi connectivity index (χ2v) is 5.75. The number of likely N-dealkylation sites (N-methyl/N-ethyl adjacent to an activating group) is 1. The average molecular weight is 280 g/mol. The molecule has 1 aliphatic rings. The number of rotatable bonds is 6. The fourth-order valence-electron chi connectivity index (χ4n) is 3.06. The monoisotopic (exact) mass is 280 g/mol. The third-order valence-corrected chi connectivity index (χ3v) is 4.15. The first kappa shape index (κ1) is 16.8. The van der Waals surface area contributed by atoms with Crippen molar-refractivity contribution in [2.45, 2.75) is 64.2 Å². The van der Waals surface area contributed by atoms with E-state index in [1.807, 2.05) is 0 Å². The second-order valence-electron chi connectivity index (χ2n) is 5.75. The van der Waals surface area contributed by atoms with Gasteiger partial charge in [-0.1, -0.05) is 20.3 Å². The van der Waals surface area contributed by atoms with Gasteiger partial charge in [-0.25, -0.2) is 0 Å². The molecule has 2 nitrogen and oxygen atoms in total. The van der Waals surface area contributed by atoms with Crippen LogP contribution in [-0.2, 0) is 0 Å². The normalized spacial score (nSPS) is 28.9. The van der Waals surface area contributed by atoms with Crippen LogP contribution in [0, 0.1) is 5.92 Å². The molecule has 0 aliphatic heterocycles. The zero-order valence-corrected chi connectivity index (χ0v) is 12.3. The third kappa shape index (κ3) is 5.69. The number of hydrogen-bond acceptors (Lipinski definition) is 2. The van der Waals surface area contributed by atoms with Crippen molar-refractivity contribution < 1.29 is 13.2 Å². The summed E-state index contributed by atoms with van der Waals surface area (Å²) in [5.41, 5.74) is 0. The predicted octanol–water partition coefficient (Wildman–Crippen LogP) is 3.43. The van der Waals surface area contributed by atoms with Crippen molar-refractivity contribution in [2.75, 3.05) is 20.1 Å². The maximum Gasteiger partial charge on any atom is 0.401 e. The van der Waals surface area contributed by atoms with Gasteiger partial charge in [0.1, 0.15) is 0 Å². The van der Waals surface area contributed by atoms with Gasteiger partial charge in [0, 0.05) is 12.1 Å². The molecule has 0 aromatic carbocycles. The predicted molar refractivity (Wildman–Crippen MR) is 72.2 cm³/mol. The number of alkyl halides is 3. The van der Waals surface area contributed by atoms with Crippen molar-refractivity contribution in [1.82, 2.24) is 10.2 Å². The van der Waals surface area contributed by atoms with Gasteiger partial charge in [-0.2, -0.15) is 13.2 Å². The molecule has 1 aliphatic carbocycles. The first-order chi connectivity index (χ1) is 8.87. The van der Waals surface area contributed by atoms with E-state index in [2.05, 4.69) is 19.2 Å². The smallest absolute Gasteiger partial charge is 0.312 e. The van der Waals surface area contributed by atoms with Crippen molar-refractivity contribution in [3.05, 3.63) is 0 Å².